The highest BCUT2D eigenvalue weighted by molar-refractivity contribution is 7.99. The van der Waals surface area contributed by atoms with E-state index >= 15 is 0 Å². The number of pyridine rings is 1. The van der Waals surface area contributed by atoms with Crippen LogP contribution in [0.5, 0.6) is 0 Å². The lowest BCUT2D eigenvalue weighted by atomic mass is 9.78. The monoisotopic (exact) mass is 418 g/mol. The van der Waals surface area contributed by atoms with Crippen LogP contribution in [0.1, 0.15) is 56.0 Å². The number of aromatic nitrogens is 1. The number of carbonyl (C=O) groups is 1. The molecular formula is C26H30N2OS. The van der Waals surface area contributed by atoms with Gasteiger partial charge in [-0.1, -0.05) is 75.7 Å². The fraction of sp³-hybridized carbons (Fsp3) is 0.385. The maximum Gasteiger partial charge on any atom is 0.252 e. The van der Waals surface area contributed by atoms with E-state index in [1.165, 1.54) is 18.4 Å². The molecule has 30 heavy (non-hydrogen) atoms. The molecule has 0 unspecified atom stereocenters. The third-order valence-electron chi connectivity index (χ3n) is 6.51. The molecule has 4 rings (SSSR count). The Morgan fingerprint density at radius 1 is 1.10 bits per heavy atom. The Balaban J connectivity index is 1.63. The minimum atomic E-state index is 0.0164. The summed E-state index contributed by atoms with van der Waals surface area (Å²) in [5, 5.41) is 5.11. The maximum atomic E-state index is 13.3. The van der Waals surface area contributed by atoms with Gasteiger partial charge in [-0.25, -0.2) is 4.98 Å². The molecule has 1 N–H and O–H groups in total. The molecule has 1 amide bonds. The molecule has 1 aliphatic carbocycles. The number of rotatable bonds is 5. The molecule has 3 atom stereocenters. The number of carbonyl (C=O) groups excluding carboxylic acids is 1. The Labute approximate surface area is 183 Å². The number of para-hydroxylation sites is 1. The predicted molar refractivity (Wildman–Crippen MR) is 125 cm³/mol. The molecule has 0 aliphatic heterocycles. The molecule has 2 aromatic carbocycles. The summed E-state index contributed by atoms with van der Waals surface area (Å²) in [6, 6.07) is 18.7. The summed E-state index contributed by atoms with van der Waals surface area (Å²) in [5.74, 6) is 1.17. The van der Waals surface area contributed by atoms with E-state index in [1.807, 2.05) is 30.3 Å². The van der Waals surface area contributed by atoms with Gasteiger partial charge in [-0.3, -0.25) is 4.79 Å². The minimum Gasteiger partial charge on any atom is -0.349 e. The van der Waals surface area contributed by atoms with Gasteiger partial charge in [-0.05, 0) is 54.5 Å². The molecule has 3 aromatic rings. The quantitative estimate of drug-likeness (QED) is 0.514. The minimum absolute atomic E-state index is 0.0164. The summed E-state index contributed by atoms with van der Waals surface area (Å²) in [5.41, 5.74) is 2.91. The molecule has 0 bridgehead atoms. The number of nitrogens with one attached hydrogen (secondary N) is 1. The Kier molecular flexibility index (Phi) is 6.43. The van der Waals surface area contributed by atoms with Gasteiger partial charge in [0, 0.05) is 16.3 Å². The number of amides is 1. The molecule has 1 fully saturated rings. The van der Waals surface area contributed by atoms with E-state index in [0.717, 1.165) is 39.2 Å². The van der Waals surface area contributed by atoms with Gasteiger partial charge in [-0.2, -0.15) is 0 Å². The maximum absolute atomic E-state index is 13.3. The van der Waals surface area contributed by atoms with E-state index in [1.54, 1.807) is 11.8 Å². The van der Waals surface area contributed by atoms with Crippen LogP contribution in [0.15, 0.2) is 64.5 Å². The lowest BCUT2D eigenvalue weighted by Gasteiger charge is -2.34. The van der Waals surface area contributed by atoms with Crippen molar-refractivity contribution in [3.63, 3.8) is 0 Å². The van der Waals surface area contributed by atoms with Crippen LogP contribution in [0.4, 0.5) is 0 Å². The average molecular weight is 419 g/mol. The van der Waals surface area contributed by atoms with Crippen molar-refractivity contribution in [1.82, 2.24) is 10.3 Å². The van der Waals surface area contributed by atoms with Gasteiger partial charge >= 0.3 is 0 Å². The first-order valence-electron chi connectivity index (χ1n) is 11.0. The van der Waals surface area contributed by atoms with Crippen molar-refractivity contribution in [3.05, 3.63) is 65.7 Å². The zero-order chi connectivity index (χ0) is 21.1. The van der Waals surface area contributed by atoms with Crippen LogP contribution in [0.25, 0.3) is 10.9 Å². The number of aryl methyl sites for hydroxylation is 1. The molecule has 1 saturated carbocycles. The first-order chi connectivity index (χ1) is 14.5. The summed E-state index contributed by atoms with van der Waals surface area (Å²) in [6.45, 7) is 6.72. The van der Waals surface area contributed by atoms with E-state index < -0.39 is 0 Å². The first-order valence-corrected chi connectivity index (χ1v) is 11.8. The number of nitrogens with zero attached hydrogens (tertiary/aromatic N) is 1. The lowest BCUT2D eigenvalue weighted by molar-refractivity contribution is 0.0892. The van der Waals surface area contributed by atoms with Gasteiger partial charge in [0.1, 0.15) is 5.03 Å². The summed E-state index contributed by atoms with van der Waals surface area (Å²) >= 11 is 1.61. The smallest absolute Gasteiger partial charge is 0.252 e. The van der Waals surface area contributed by atoms with Crippen LogP contribution in [0.2, 0.25) is 0 Å². The number of hydrogen-bond donors (Lipinski definition) is 1. The van der Waals surface area contributed by atoms with Crippen molar-refractivity contribution < 1.29 is 4.79 Å². The third kappa shape index (κ3) is 4.54. The average Bonchev–Trinajstić information content (AvgIpc) is 2.77. The molecule has 1 heterocycles. The second-order valence-electron chi connectivity index (χ2n) is 8.47. The highest BCUT2D eigenvalue weighted by Crippen LogP contribution is 2.32. The van der Waals surface area contributed by atoms with Gasteiger partial charge in [0.2, 0.25) is 0 Å². The number of benzene rings is 2. The standard InChI is InChI=1S/C26H30N2OS/c1-4-19-12-14-20(15-13-19)30-25-16-22(21-9-5-6-10-24(21)27-25)26(29)28-23-11-7-8-17(2)18(23)3/h5-6,9-10,12-18,23H,4,7-8,11H2,1-3H3,(H,28,29)/t17-,18+,23+/m0/s1. The van der Waals surface area contributed by atoms with E-state index in [2.05, 4.69) is 50.4 Å². The summed E-state index contributed by atoms with van der Waals surface area (Å²) in [6.07, 6.45) is 4.53. The summed E-state index contributed by atoms with van der Waals surface area (Å²) in [4.78, 5) is 19.3. The largest absolute Gasteiger partial charge is 0.349 e. The van der Waals surface area contributed by atoms with E-state index in [4.69, 9.17) is 4.98 Å². The van der Waals surface area contributed by atoms with Crippen LogP contribution in [-0.4, -0.2) is 16.9 Å². The molecule has 0 saturated heterocycles. The third-order valence-corrected chi connectivity index (χ3v) is 7.44. The molecule has 4 heteroatoms. The fourth-order valence-electron chi connectivity index (χ4n) is 4.34. The van der Waals surface area contributed by atoms with Crippen LogP contribution in [0, 0.1) is 11.8 Å². The van der Waals surface area contributed by atoms with Crippen LogP contribution >= 0.6 is 11.8 Å². The van der Waals surface area contributed by atoms with Crippen molar-refractivity contribution >= 4 is 28.6 Å². The second-order valence-corrected chi connectivity index (χ2v) is 9.57. The van der Waals surface area contributed by atoms with Crippen LogP contribution in [-0.2, 0) is 6.42 Å². The molecule has 1 aromatic heterocycles. The van der Waals surface area contributed by atoms with Crippen molar-refractivity contribution in [3.8, 4) is 0 Å². The van der Waals surface area contributed by atoms with Crippen LogP contribution in [0.3, 0.4) is 0 Å². The number of hydrogen-bond acceptors (Lipinski definition) is 3. The number of fused-ring (bicyclic) bond motifs is 1. The van der Waals surface area contributed by atoms with E-state index in [9.17, 15) is 4.79 Å². The SMILES string of the molecule is CCc1ccc(Sc2cc(C(=O)N[C@@H]3CCC[C@H](C)[C@H]3C)c3ccccc3n2)cc1. The Morgan fingerprint density at radius 2 is 1.87 bits per heavy atom. The molecule has 3 nitrogen and oxygen atoms in total. The first kappa shape index (κ1) is 20.9. The fourth-order valence-corrected chi connectivity index (χ4v) is 5.17. The molecule has 0 radical (unpaired) electrons. The van der Waals surface area contributed by atoms with Crippen molar-refractivity contribution in [2.45, 2.75) is 62.4 Å². The Bertz CT molecular complexity index is 1030. The van der Waals surface area contributed by atoms with E-state index in [0.29, 0.717) is 11.8 Å². The van der Waals surface area contributed by atoms with Gasteiger partial charge in [0.15, 0.2) is 0 Å². The van der Waals surface area contributed by atoms with E-state index in [-0.39, 0.29) is 11.9 Å². The van der Waals surface area contributed by atoms with Crippen molar-refractivity contribution in [2.24, 2.45) is 11.8 Å². The topological polar surface area (TPSA) is 42.0 Å². The summed E-state index contributed by atoms with van der Waals surface area (Å²) < 4.78 is 0. The normalized spacial score (nSPS) is 21.5. The molecule has 1 aliphatic rings. The zero-order valence-corrected chi connectivity index (χ0v) is 18.8. The molecule has 156 valence electrons. The predicted octanol–water partition coefficient (Wildman–Crippen LogP) is 6.50. The van der Waals surface area contributed by atoms with Crippen molar-refractivity contribution in [1.29, 1.82) is 0 Å². The second kappa shape index (κ2) is 9.22. The highest BCUT2D eigenvalue weighted by Gasteiger charge is 2.29. The van der Waals surface area contributed by atoms with Crippen LogP contribution < -0.4 is 5.32 Å². The van der Waals surface area contributed by atoms with Crippen molar-refractivity contribution in [2.75, 3.05) is 0 Å². The molecular weight excluding hydrogens is 388 g/mol. The zero-order valence-electron chi connectivity index (χ0n) is 18.0. The summed E-state index contributed by atoms with van der Waals surface area (Å²) in [7, 11) is 0. The van der Waals surface area contributed by atoms with Gasteiger partial charge in [0.05, 0.1) is 11.1 Å². The Morgan fingerprint density at radius 3 is 2.63 bits per heavy atom. The Hall–Kier alpha value is -2.33. The van der Waals surface area contributed by atoms with Gasteiger partial charge in [0.25, 0.3) is 5.91 Å². The van der Waals surface area contributed by atoms with Gasteiger partial charge < -0.3 is 5.32 Å². The lowest BCUT2D eigenvalue weighted by Crippen LogP contribution is -2.43. The highest BCUT2D eigenvalue weighted by atomic mass is 32.2. The van der Waals surface area contributed by atoms with Gasteiger partial charge in [-0.15, -0.1) is 0 Å². The molecule has 0 spiro atoms.